The van der Waals surface area contributed by atoms with Gasteiger partial charge in [-0.05, 0) is 52.1 Å². The van der Waals surface area contributed by atoms with E-state index < -0.39 is 0 Å². The van der Waals surface area contributed by atoms with Crippen molar-refractivity contribution in [3.63, 3.8) is 0 Å². The average Bonchev–Trinajstić information content (AvgIpc) is 2.43. The molecule has 1 heterocycles. The van der Waals surface area contributed by atoms with E-state index in [9.17, 15) is 4.79 Å². The topological polar surface area (TPSA) is 40.5 Å². The van der Waals surface area contributed by atoms with Crippen LogP contribution >= 0.6 is 0 Å². The van der Waals surface area contributed by atoms with Gasteiger partial charge in [0.05, 0.1) is 0 Å². The molecule has 3 heteroatoms. The molecule has 1 atom stereocenters. The predicted octanol–water partition coefficient (Wildman–Crippen LogP) is 1.45. The Morgan fingerprint density at radius 3 is 2.73 bits per heavy atom. The highest BCUT2D eigenvalue weighted by Gasteiger charge is 2.20. The first-order valence-corrected chi connectivity index (χ1v) is 6.00. The van der Waals surface area contributed by atoms with Gasteiger partial charge in [0, 0.05) is 12.5 Å². The number of rotatable bonds is 4. The van der Waals surface area contributed by atoms with Gasteiger partial charge >= 0.3 is 0 Å². The molecule has 0 spiro atoms. The number of Topliss-reactive ketones (excluding diaryl/α,β-unsaturated/α-hetero) is 1. The number of hydrogen-bond donors (Lipinski definition) is 1. The summed E-state index contributed by atoms with van der Waals surface area (Å²) in [6.07, 6.45) is 3.99. The van der Waals surface area contributed by atoms with Gasteiger partial charge < -0.3 is 10.0 Å². The lowest BCUT2D eigenvalue weighted by Gasteiger charge is -2.24. The Kier molecular flexibility index (Phi) is 5.26. The zero-order valence-corrected chi connectivity index (χ0v) is 9.91. The first-order chi connectivity index (χ1) is 7.13. The molecule has 1 aliphatic heterocycles. The van der Waals surface area contributed by atoms with Gasteiger partial charge in [0.2, 0.25) is 0 Å². The molecule has 0 aromatic rings. The van der Waals surface area contributed by atoms with E-state index in [0.717, 1.165) is 25.9 Å². The summed E-state index contributed by atoms with van der Waals surface area (Å²) in [6.45, 7) is 6.41. The molecular formula is C12H23NO2. The Morgan fingerprint density at radius 2 is 2.13 bits per heavy atom. The van der Waals surface area contributed by atoms with Crippen LogP contribution in [-0.4, -0.2) is 41.5 Å². The first-order valence-electron chi connectivity index (χ1n) is 6.00. The van der Waals surface area contributed by atoms with Crippen LogP contribution in [0.5, 0.6) is 0 Å². The van der Waals surface area contributed by atoms with Crippen LogP contribution < -0.4 is 0 Å². The molecule has 1 saturated heterocycles. The van der Waals surface area contributed by atoms with Gasteiger partial charge in [-0.25, -0.2) is 0 Å². The second-order valence-electron chi connectivity index (χ2n) is 4.83. The molecule has 0 aromatic heterocycles. The number of aliphatic hydroxyl groups is 1. The molecule has 0 bridgehead atoms. The van der Waals surface area contributed by atoms with Crippen molar-refractivity contribution in [1.82, 2.24) is 4.90 Å². The summed E-state index contributed by atoms with van der Waals surface area (Å²) in [5, 5.41) is 8.72. The molecule has 1 N–H and O–H groups in total. The third-order valence-electron chi connectivity index (χ3n) is 3.31. The van der Waals surface area contributed by atoms with E-state index in [0.29, 0.717) is 18.4 Å². The second kappa shape index (κ2) is 6.23. The minimum Gasteiger partial charge on any atom is -0.389 e. The van der Waals surface area contributed by atoms with Gasteiger partial charge in [0.25, 0.3) is 0 Å². The zero-order valence-electron chi connectivity index (χ0n) is 9.91. The maximum absolute atomic E-state index is 11.1. The van der Waals surface area contributed by atoms with E-state index in [2.05, 4.69) is 18.7 Å². The van der Waals surface area contributed by atoms with Gasteiger partial charge in [0.1, 0.15) is 6.61 Å². The fourth-order valence-corrected chi connectivity index (χ4v) is 2.29. The number of ketones is 1. The molecule has 15 heavy (non-hydrogen) atoms. The van der Waals surface area contributed by atoms with E-state index in [1.54, 1.807) is 0 Å². The van der Waals surface area contributed by atoms with Crippen LogP contribution in [0.3, 0.4) is 0 Å². The smallest absolute Gasteiger partial charge is 0.158 e. The normalized spacial score (nSPS) is 24.1. The van der Waals surface area contributed by atoms with Crippen LogP contribution in [0.1, 0.15) is 39.5 Å². The Hall–Kier alpha value is -0.410. The zero-order chi connectivity index (χ0) is 11.3. The molecular weight excluding hydrogens is 190 g/mol. The average molecular weight is 213 g/mol. The monoisotopic (exact) mass is 213 g/mol. The lowest BCUT2D eigenvalue weighted by atomic mass is 9.95. The van der Waals surface area contributed by atoms with Crippen molar-refractivity contribution < 1.29 is 9.90 Å². The van der Waals surface area contributed by atoms with Crippen molar-refractivity contribution in [3.05, 3.63) is 0 Å². The number of aliphatic hydroxyl groups excluding tert-OH is 1. The summed E-state index contributed by atoms with van der Waals surface area (Å²) in [6, 6.07) is 0.609. The summed E-state index contributed by atoms with van der Waals surface area (Å²) in [5.41, 5.74) is 0. The van der Waals surface area contributed by atoms with Crippen molar-refractivity contribution in [2.75, 3.05) is 19.7 Å². The molecule has 0 amide bonds. The van der Waals surface area contributed by atoms with E-state index in [1.807, 2.05) is 0 Å². The Bertz CT molecular complexity index is 204. The molecule has 0 radical (unpaired) electrons. The highest BCUT2D eigenvalue weighted by atomic mass is 16.3. The third kappa shape index (κ3) is 4.31. The fraction of sp³-hybridized carbons (Fsp3) is 0.917. The molecule has 88 valence electrons. The molecule has 1 aliphatic rings. The van der Waals surface area contributed by atoms with Crippen LogP contribution in [-0.2, 0) is 4.79 Å². The maximum Gasteiger partial charge on any atom is 0.158 e. The molecule has 1 rings (SSSR count). The maximum atomic E-state index is 11.1. The molecule has 0 aliphatic carbocycles. The molecule has 0 saturated carbocycles. The summed E-state index contributed by atoms with van der Waals surface area (Å²) >= 11 is 0. The standard InChI is InChI=1S/C12H23NO2/c1-10(2)13-6-3-4-11(5-7-13)8-12(15)9-14/h10-11,14H,3-9H2,1-2H3. The van der Waals surface area contributed by atoms with Crippen molar-refractivity contribution in [3.8, 4) is 0 Å². The van der Waals surface area contributed by atoms with E-state index >= 15 is 0 Å². The Morgan fingerprint density at radius 1 is 1.40 bits per heavy atom. The van der Waals surface area contributed by atoms with Gasteiger partial charge in [-0.1, -0.05) is 0 Å². The van der Waals surface area contributed by atoms with Crippen LogP contribution in [0.2, 0.25) is 0 Å². The number of nitrogens with zero attached hydrogens (tertiary/aromatic N) is 1. The van der Waals surface area contributed by atoms with E-state index in [1.165, 1.54) is 6.42 Å². The minimum absolute atomic E-state index is 0.00185. The third-order valence-corrected chi connectivity index (χ3v) is 3.31. The van der Waals surface area contributed by atoms with Crippen molar-refractivity contribution in [2.45, 2.75) is 45.6 Å². The van der Waals surface area contributed by atoms with Crippen LogP contribution in [0.4, 0.5) is 0 Å². The minimum atomic E-state index is -0.287. The predicted molar refractivity (Wildman–Crippen MR) is 60.8 cm³/mol. The van der Waals surface area contributed by atoms with E-state index in [-0.39, 0.29) is 12.4 Å². The van der Waals surface area contributed by atoms with Crippen LogP contribution in [0, 0.1) is 5.92 Å². The SMILES string of the molecule is CC(C)N1CCCC(CC(=O)CO)CC1. The summed E-state index contributed by atoms with van der Waals surface area (Å²) in [7, 11) is 0. The van der Waals surface area contributed by atoms with Gasteiger partial charge in [-0.3, -0.25) is 4.79 Å². The van der Waals surface area contributed by atoms with Crippen molar-refractivity contribution in [1.29, 1.82) is 0 Å². The molecule has 3 nitrogen and oxygen atoms in total. The van der Waals surface area contributed by atoms with Crippen LogP contribution in [0.15, 0.2) is 0 Å². The number of carbonyl (C=O) groups is 1. The lowest BCUT2D eigenvalue weighted by molar-refractivity contribution is -0.122. The lowest BCUT2D eigenvalue weighted by Crippen LogP contribution is -2.31. The van der Waals surface area contributed by atoms with Crippen molar-refractivity contribution >= 4 is 5.78 Å². The summed E-state index contributed by atoms with van der Waals surface area (Å²) < 4.78 is 0. The summed E-state index contributed by atoms with van der Waals surface area (Å²) in [4.78, 5) is 13.6. The molecule has 1 unspecified atom stereocenters. The Labute approximate surface area is 92.5 Å². The first kappa shape index (κ1) is 12.7. The van der Waals surface area contributed by atoms with Gasteiger partial charge in [0.15, 0.2) is 5.78 Å². The number of likely N-dealkylation sites (tertiary alicyclic amines) is 1. The van der Waals surface area contributed by atoms with Crippen LogP contribution in [0.25, 0.3) is 0 Å². The quantitative estimate of drug-likeness (QED) is 0.768. The summed E-state index contributed by atoms with van der Waals surface area (Å²) in [5.74, 6) is 0.492. The molecule has 0 aromatic carbocycles. The number of hydrogen-bond acceptors (Lipinski definition) is 3. The van der Waals surface area contributed by atoms with Gasteiger partial charge in [-0.2, -0.15) is 0 Å². The fourth-order valence-electron chi connectivity index (χ4n) is 2.29. The highest BCUT2D eigenvalue weighted by Crippen LogP contribution is 2.21. The Balaban J connectivity index is 2.35. The largest absolute Gasteiger partial charge is 0.389 e. The molecule has 1 fully saturated rings. The highest BCUT2D eigenvalue weighted by molar-refractivity contribution is 5.79. The van der Waals surface area contributed by atoms with Crippen molar-refractivity contribution in [2.24, 2.45) is 5.92 Å². The van der Waals surface area contributed by atoms with Gasteiger partial charge in [-0.15, -0.1) is 0 Å². The number of carbonyl (C=O) groups excluding carboxylic acids is 1. The van der Waals surface area contributed by atoms with E-state index in [4.69, 9.17) is 5.11 Å². The second-order valence-corrected chi connectivity index (χ2v) is 4.83.